The van der Waals surface area contributed by atoms with Crippen LogP contribution < -0.4 is 0 Å². The van der Waals surface area contributed by atoms with Crippen LogP contribution in [0.25, 0.3) is 0 Å². The fourth-order valence-electron chi connectivity index (χ4n) is 0.932. The third kappa shape index (κ3) is 0.708. The van der Waals surface area contributed by atoms with Crippen molar-refractivity contribution in [2.24, 2.45) is 4.99 Å². The largest absolute Gasteiger partial charge is 0.293 e. The normalized spacial score (nSPS) is 15.4. The number of thiophene rings is 1. The van der Waals surface area contributed by atoms with Crippen LogP contribution in [-0.2, 0) is 0 Å². The molecule has 0 saturated heterocycles. The Bertz CT molecular complexity index is 300. The van der Waals surface area contributed by atoms with Gasteiger partial charge in [0.1, 0.15) is 0 Å². The molecule has 0 N–H and O–H groups in total. The molecule has 50 valence electrons. The van der Waals surface area contributed by atoms with Crippen LogP contribution in [0.5, 0.6) is 0 Å². The lowest BCUT2D eigenvalue weighted by Gasteiger charge is -1.99. The fraction of sp³-hybridized carbons (Fsp3) is 0.143. The third-order valence-electron chi connectivity index (χ3n) is 1.40. The molecule has 2 rings (SSSR count). The van der Waals surface area contributed by atoms with Gasteiger partial charge in [-0.15, -0.1) is 11.3 Å². The van der Waals surface area contributed by atoms with Gasteiger partial charge in [-0.25, -0.2) is 0 Å². The van der Waals surface area contributed by atoms with Crippen molar-refractivity contribution in [3.05, 3.63) is 16.3 Å². The minimum atomic E-state index is 0.194. The molecule has 3 heteroatoms. The number of nitrogens with zero attached hydrogens (tertiary/aromatic N) is 1. The molecule has 1 aromatic rings. The fourth-order valence-corrected chi connectivity index (χ4v) is 1.72. The van der Waals surface area contributed by atoms with Crippen LogP contribution in [0, 0.1) is 0 Å². The van der Waals surface area contributed by atoms with Crippen LogP contribution in [0.4, 0.5) is 5.69 Å². The van der Waals surface area contributed by atoms with Gasteiger partial charge in [-0.3, -0.25) is 9.79 Å². The molecule has 0 atom stereocenters. The Labute approximate surface area is 62.2 Å². The van der Waals surface area contributed by atoms with Gasteiger partial charge in [0.25, 0.3) is 0 Å². The number of rotatable bonds is 0. The van der Waals surface area contributed by atoms with E-state index < -0.39 is 0 Å². The van der Waals surface area contributed by atoms with Crippen molar-refractivity contribution in [1.82, 2.24) is 0 Å². The van der Waals surface area contributed by atoms with E-state index in [1.54, 1.807) is 6.21 Å². The molecule has 10 heavy (non-hydrogen) atoms. The van der Waals surface area contributed by atoms with E-state index in [1.165, 1.54) is 11.3 Å². The summed E-state index contributed by atoms with van der Waals surface area (Å²) in [5, 5.41) is 1.89. The maximum Gasteiger partial charge on any atom is 0.180 e. The average molecular weight is 151 g/mol. The molecule has 1 aliphatic rings. The van der Waals surface area contributed by atoms with Crippen LogP contribution in [0.2, 0.25) is 0 Å². The zero-order valence-electron chi connectivity index (χ0n) is 5.20. The molecule has 0 aromatic carbocycles. The van der Waals surface area contributed by atoms with E-state index in [0.717, 1.165) is 10.6 Å². The van der Waals surface area contributed by atoms with Crippen molar-refractivity contribution in [3.63, 3.8) is 0 Å². The predicted molar refractivity (Wildman–Crippen MR) is 41.4 cm³/mol. The van der Waals surface area contributed by atoms with Crippen LogP contribution in [0.15, 0.2) is 16.4 Å². The lowest BCUT2D eigenvalue weighted by molar-refractivity contribution is 0.100. The van der Waals surface area contributed by atoms with E-state index in [2.05, 4.69) is 4.99 Å². The number of Topliss-reactive ketones (excluding diaryl/α,β-unsaturated/α-hetero) is 1. The average Bonchev–Trinajstić information content (AvgIpc) is 2.36. The summed E-state index contributed by atoms with van der Waals surface area (Å²) in [6, 6.07) is 1.87. The number of ketones is 1. The Morgan fingerprint density at radius 1 is 1.60 bits per heavy atom. The van der Waals surface area contributed by atoms with Crippen molar-refractivity contribution in [2.75, 3.05) is 0 Å². The minimum absolute atomic E-state index is 0.194. The number of aliphatic imine (C=N–C) groups is 1. The maximum absolute atomic E-state index is 11.1. The van der Waals surface area contributed by atoms with Gasteiger partial charge in [-0.05, 0) is 11.4 Å². The molecule has 0 aliphatic carbocycles. The minimum Gasteiger partial charge on any atom is -0.293 e. The second-order valence-corrected chi connectivity index (χ2v) is 2.99. The smallest absolute Gasteiger partial charge is 0.180 e. The Hall–Kier alpha value is -0.960. The summed E-state index contributed by atoms with van der Waals surface area (Å²) in [5.74, 6) is 0.194. The topological polar surface area (TPSA) is 29.4 Å². The van der Waals surface area contributed by atoms with E-state index >= 15 is 0 Å². The first-order valence-electron chi connectivity index (χ1n) is 3.01. The van der Waals surface area contributed by atoms with Gasteiger partial charge in [0.2, 0.25) is 0 Å². The van der Waals surface area contributed by atoms with Crippen LogP contribution >= 0.6 is 11.3 Å². The molecular formula is C7H5NOS. The lowest BCUT2D eigenvalue weighted by Crippen LogP contribution is -2.00. The predicted octanol–water partition coefficient (Wildman–Crippen LogP) is 2.04. The van der Waals surface area contributed by atoms with E-state index in [4.69, 9.17) is 0 Å². The molecule has 1 aromatic heterocycles. The van der Waals surface area contributed by atoms with Gasteiger partial charge < -0.3 is 0 Å². The van der Waals surface area contributed by atoms with E-state index in [-0.39, 0.29) is 5.78 Å². The SMILES string of the molecule is O=C1CC=Nc2ccsc21. The standard InChI is InChI=1S/C7H5NOS/c9-6-1-3-8-5-2-4-10-7(5)6/h2-4H,1H2. The summed E-state index contributed by atoms with van der Waals surface area (Å²) >= 11 is 1.47. The lowest BCUT2D eigenvalue weighted by atomic mass is 10.2. The monoisotopic (exact) mass is 151 g/mol. The zero-order chi connectivity index (χ0) is 6.97. The first-order valence-corrected chi connectivity index (χ1v) is 3.89. The highest BCUT2D eigenvalue weighted by Gasteiger charge is 2.14. The Morgan fingerprint density at radius 3 is 3.30 bits per heavy atom. The van der Waals surface area contributed by atoms with Gasteiger partial charge in [0, 0.05) is 12.6 Å². The van der Waals surface area contributed by atoms with Crippen LogP contribution in [0.1, 0.15) is 16.1 Å². The Morgan fingerprint density at radius 2 is 2.50 bits per heavy atom. The summed E-state index contributed by atoms with van der Waals surface area (Å²) in [4.78, 5) is 15.9. The summed E-state index contributed by atoms with van der Waals surface area (Å²) in [5.41, 5.74) is 0.834. The number of carbonyl (C=O) groups excluding carboxylic acids is 1. The van der Waals surface area contributed by atoms with Crippen LogP contribution in [-0.4, -0.2) is 12.0 Å². The molecule has 1 aliphatic heterocycles. The summed E-state index contributed by atoms with van der Waals surface area (Å²) in [6.07, 6.45) is 2.13. The number of fused-ring (bicyclic) bond motifs is 1. The highest BCUT2D eigenvalue weighted by molar-refractivity contribution is 7.12. The Balaban J connectivity index is 2.62. The maximum atomic E-state index is 11.1. The molecular weight excluding hydrogens is 146 g/mol. The molecule has 0 spiro atoms. The number of hydrogen-bond acceptors (Lipinski definition) is 3. The van der Waals surface area contributed by atoms with Crippen molar-refractivity contribution < 1.29 is 4.79 Å². The quantitative estimate of drug-likeness (QED) is 0.558. The highest BCUT2D eigenvalue weighted by atomic mass is 32.1. The molecule has 0 radical (unpaired) electrons. The van der Waals surface area contributed by atoms with E-state index in [0.29, 0.717) is 6.42 Å². The highest BCUT2D eigenvalue weighted by Crippen LogP contribution is 2.28. The molecule has 0 unspecified atom stereocenters. The molecule has 2 heterocycles. The van der Waals surface area contributed by atoms with E-state index in [9.17, 15) is 4.79 Å². The van der Waals surface area contributed by atoms with Gasteiger partial charge in [-0.2, -0.15) is 0 Å². The Kier molecular flexibility index (Phi) is 1.17. The number of hydrogen-bond donors (Lipinski definition) is 0. The van der Waals surface area contributed by atoms with Gasteiger partial charge >= 0.3 is 0 Å². The van der Waals surface area contributed by atoms with Gasteiger partial charge in [0.05, 0.1) is 10.6 Å². The molecule has 0 saturated carbocycles. The van der Waals surface area contributed by atoms with Gasteiger partial charge in [0.15, 0.2) is 5.78 Å². The summed E-state index contributed by atoms with van der Waals surface area (Å²) in [7, 11) is 0. The second-order valence-electron chi connectivity index (χ2n) is 2.07. The zero-order valence-corrected chi connectivity index (χ0v) is 6.02. The summed E-state index contributed by atoms with van der Waals surface area (Å²) < 4.78 is 0. The number of carbonyl (C=O) groups is 1. The summed E-state index contributed by atoms with van der Waals surface area (Å²) in [6.45, 7) is 0. The van der Waals surface area contributed by atoms with E-state index in [1.807, 2.05) is 11.4 Å². The molecule has 0 bridgehead atoms. The first-order chi connectivity index (χ1) is 4.88. The molecule has 2 nitrogen and oxygen atoms in total. The van der Waals surface area contributed by atoms with Crippen LogP contribution in [0.3, 0.4) is 0 Å². The second kappa shape index (κ2) is 2.02. The van der Waals surface area contributed by atoms with Crippen molar-refractivity contribution >= 4 is 29.0 Å². The molecule has 0 fully saturated rings. The third-order valence-corrected chi connectivity index (χ3v) is 2.35. The molecule has 0 amide bonds. The van der Waals surface area contributed by atoms with Gasteiger partial charge in [-0.1, -0.05) is 0 Å². The van der Waals surface area contributed by atoms with Crippen molar-refractivity contribution in [3.8, 4) is 0 Å². The first kappa shape index (κ1) is 5.80. The van der Waals surface area contributed by atoms with Crippen molar-refractivity contribution in [1.29, 1.82) is 0 Å². The van der Waals surface area contributed by atoms with Crippen molar-refractivity contribution in [2.45, 2.75) is 6.42 Å².